The monoisotopic (exact) mass is 492 g/mol. The highest BCUT2D eigenvalue weighted by atomic mass is 127. The van der Waals surface area contributed by atoms with E-state index in [1.807, 2.05) is 30.3 Å². The molecule has 0 bridgehead atoms. The van der Waals surface area contributed by atoms with Gasteiger partial charge >= 0.3 is 5.97 Å². The fraction of sp³-hybridized carbons (Fsp3) is 0.0952. The highest BCUT2D eigenvalue weighted by Gasteiger charge is 2.16. The number of carbonyl (C=O) groups is 1. The van der Waals surface area contributed by atoms with Gasteiger partial charge in [0.1, 0.15) is 6.61 Å². The van der Waals surface area contributed by atoms with E-state index in [2.05, 4.69) is 22.6 Å². The summed E-state index contributed by atoms with van der Waals surface area (Å²) < 4.78 is 31.2. The SMILES string of the molecule is O=C(OCc1ccc(S(=O)(=O)Cc2ccccc2)cc1)c1ccccc1I. The zero-order valence-corrected chi connectivity index (χ0v) is 17.3. The Morgan fingerprint density at radius 1 is 0.815 bits per heavy atom. The number of rotatable bonds is 6. The Labute approximate surface area is 172 Å². The number of esters is 1. The molecular weight excluding hydrogens is 475 g/mol. The van der Waals surface area contributed by atoms with Crippen LogP contribution >= 0.6 is 22.6 Å². The van der Waals surface area contributed by atoms with Crippen LogP contribution < -0.4 is 0 Å². The summed E-state index contributed by atoms with van der Waals surface area (Å²) in [6, 6.07) is 22.7. The van der Waals surface area contributed by atoms with Crippen LogP contribution in [0.15, 0.2) is 83.8 Å². The molecule has 0 aromatic heterocycles. The quantitative estimate of drug-likeness (QED) is 0.372. The lowest BCUT2D eigenvalue weighted by atomic mass is 10.2. The largest absolute Gasteiger partial charge is 0.457 e. The summed E-state index contributed by atoms with van der Waals surface area (Å²) in [4.78, 5) is 12.4. The molecule has 0 fully saturated rings. The first-order valence-electron chi connectivity index (χ1n) is 8.23. The van der Waals surface area contributed by atoms with Crippen molar-refractivity contribution in [2.75, 3.05) is 0 Å². The molecular formula is C21H17IO4S. The van der Waals surface area contributed by atoms with Crippen molar-refractivity contribution in [3.8, 4) is 0 Å². The van der Waals surface area contributed by atoms with Crippen molar-refractivity contribution >= 4 is 38.4 Å². The third-order valence-corrected chi connectivity index (χ3v) is 6.59. The Hall–Kier alpha value is -2.19. The minimum Gasteiger partial charge on any atom is -0.457 e. The zero-order chi connectivity index (χ0) is 19.3. The average molecular weight is 492 g/mol. The van der Waals surface area contributed by atoms with Gasteiger partial charge in [-0.1, -0.05) is 54.6 Å². The summed E-state index contributed by atoms with van der Waals surface area (Å²) in [6.45, 7) is 0.0861. The van der Waals surface area contributed by atoms with Gasteiger partial charge in [0.05, 0.1) is 16.2 Å². The minimum absolute atomic E-state index is 0.0470. The van der Waals surface area contributed by atoms with Crippen LogP contribution in [0.2, 0.25) is 0 Å². The van der Waals surface area contributed by atoms with Crippen LogP contribution in [0, 0.1) is 3.57 Å². The van der Waals surface area contributed by atoms with Gasteiger partial charge in [-0.2, -0.15) is 0 Å². The molecule has 27 heavy (non-hydrogen) atoms. The second kappa shape index (κ2) is 8.67. The van der Waals surface area contributed by atoms with Gasteiger partial charge in [-0.05, 0) is 58.0 Å². The van der Waals surface area contributed by atoms with Crippen LogP contribution in [-0.2, 0) is 26.9 Å². The topological polar surface area (TPSA) is 60.4 Å². The summed E-state index contributed by atoms with van der Waals surface area (Å²) in [5.74, 6) is -0.449. The van der Waals surface area contributed by atoms with Crippen molar-refractivity contribution in [1.82, 2.24) is 0 Å². The first-order valence-corrected chi connectivity index (χ1v) is 11.0. The second-order valence-electron chi connectivity index (χ2n) is 5.94. The van der Waals surface area contributed by atoms with E-state index >= 15 is 0 Å². The molecule has 4 nitrogen and oxygen atoms in total. The van der Waals surface area contributed by atoms with Crippen molar-refractivity contribution in [2.24, 2.45) is 0 Å². The molecule has 138 valence electrons. The zero-order valence-electron chi connectivity index (χ0n) is 14.3. The van der Waals surface area contributed by atoms with E-state index in [4.69, 9.17) is 4.74 Å². The predicted octanol–water partition coefficient (Wildman–Crippen LogP) is 4.62. The molecule has 0 heterocycles. The number of carbonyl (C=O) groups excluding carboxylic acids is 1. The number of ether oxygens (including phenoxy) is 1. The van der Waals surface area contributed by atoms with Crippen LogP contribution in [-0.4, -0.2) is 14.4 Å². The van der Waals surface area contributed by atoms with Crippen LogP contribution in [0.5, 0.6) is 0 Å². The summed E-state index contributed by atoms with van der Waals surface area (Å²) >= 11 is 2.08. The molecule has 0 aliphatic heterocycles. The molecule has 0 aliphatic rings. The van der Waals surface area contributed by atoms with Gasteiger partial charge in [-0.3, -0.25) is 0 Å². The molecule has 0 unspecified atom stereocenters. The molecule has 6 heteroatoms. The Bertz CT molecular complexity index is 1030. The summed E-state index contributed by atoms with van der Waals surface area (Å²) in [6.07, 6.45) is 0. The van der Waals surface area contributed by atoms with Crippen LogP contribution in [0.1, 0.15) is 21.5 Å². The maximum absolute atomic E-state index is 12.5. The van der Waals surface area contributed by atoms with E-state index in [0.29, 0.717) is 5.56 Å². The Kier molecular flexibility index (Phi) is 6.28. The molecule has 0 saturated heterocycles. The van der Waals surface area contributed by atoms with Crippen molar-refractivity contribution in [1.29, 1.82) is 0 Å². The smallest absolute Gasteiger partial charge is 0.339 e. The van der Waals surface area contributed by atoms with Gasteiger partial charge in [0.15, 0.2) is 9.84 Å². The van der Waals surface area contributed by atoms with Gasteiger partial charge in [-0.25, -0.2) is 13.2 Å². The third kappa shape index (κ3) is 5.17. The normalized spacial score (nSPS) is 11.1. The molecule has 0 amide bonds. The van der Waals surface area contributed by atoms with Crippen LogP contribution in [0.25, 0.3) is 0 Å². The first-order chi connectivity index (χ1) is 13.0. The maximum atomic E-state index is 12.5. The van der Waals surface area contributed by atoms with Gasteiger partial charge < -0.3 is 4.74 Å². The minimum atomic E-state index is -3.42. The fourth-order valence-electron chi connectivity index (χ4n) is 2.52. The third-order valence-electron chi connectivity index (χ3n) is 3.95. The highest BCUT2D eigenvalue weighted by Crippen LogP contribution is 2.18. The first kappa shape index (κ1) is 19.6. The molecule has 0 aliphatic carbocycles. The van der Waals surface area contributed by atoms with Gasteiger partial charge in [0.2, 0.25) is 0 Å². The van der Waals surface area contributed by atoms with Crippen molar-refractivity contribution in [2.45, 2.75) is 17.3 Å². The molecule has 0 spiro atoms. The standard InChI is InChI=1S/C21H17IO4S/c22-20-9-5-4-8-19(20)21(23)26-14-16-10-12-18(13-11-16)27(24,25)15-17-6-2-1-3-7-17/h1-13H,14-15H2. The highest BCUT2D eigenvalue weighted by molar-refractivity contribution is 14.1. The Morgan fingerprint density at radius 3 is 2.11 bits per heavy atom. The van der Waals surface area contributed by atoms with Crippen LogP contribution in [0.3, 0.4) is 0 Å². The molecule has 0 atom stereocenters. The fourth-order valence-corrected chi connectivity index (χ4v) is 4.48. The van der Waals surface area contributed by atoms with Crippen LogP contribution in [0.4, 0.5) is 0 Å². The van der Waals surface area contributed by atoms with Gasteiger partial charge in [0.25, 0.3) is 0 Å². The van der Waals surface area contributed by atoms with Crippen molar-refractivity contribution in [3.63, 3.8) is 0 Å². The summed E-state index contributed by atoms with van der Waals surface area (Å²) in [5, 5.41) is 0. The molecule has 0 saturated carbocycles. The Balaban J connectivity index is 1.65. The average Bonchev–Trinajstić information content (AvgIpc) is 2.67. The van der Waals surface area contributed by atoms with Crippen molar-refractivity contribution in [3.05, 3.63) is 99.1 Å². The lowest BCUT2D eigenvalue weighted by Crippen LogP contribution is -2.08. The molecule has 3 aromatic carbocycles. The summed E-state index contributed by atoms with van der Waals surface area (Å²) in [7, 11) is -3.42. The lowest BCUT2D eigenvalue weighted by Gasteiger charge is -2.08. The van der Waals surface area contributed by atoms with E-state index in [1.165, 1.54) is 0 Å². The van der Waals surface area contributed by atoms with E-state index in [1.54, 1.807) is 48.5 Å². The van der Waals surface area contributed by atoms with E-state index in [-0.39, 0.29) is 17.3 Å². The molecule has 0 N–H and O–H groups in total. The van der Waals surface area contributed by atoms with E-state index in [9.17, 15) is 13.2 Å². The number of benzene rings is 3. The van der Waals surface area contributed by atoms with Crippen molar-refractivity contribution < 1.29 is 17.9 Å². The maximum Gasteiger partial charge on any atom is 0.339 e. The van der Waals surface area contributed by atoms with E-state index in [0.717, 1.165) is 14.7 Å². The number of hydrogen-bond acceptors (Lipinski definition) is 4. The number of sulfone groups is 1. The molecule has 3 rings (SSSR count). The van der Waals surface area contributed by atoms with E-state index < -0.39 is 15.8 Å². The predicted molar refractivity (Wildman–Crippen MR) is 112 cm³/mol. The molecule has 3 aromatic rings. The van der Waals surface area contributed by atoms with Gasteiger partial charge in [-0.15, -0.1) is 0 Å². The lowest BCUT2D eigenvalue weighted by molar-refractivity contribution is 0.0471. The number of halogens is 1. The Morgan fingerprint density at radius 2 is 1.44 bits per heavy atom. The van der Waals surface area contributed by atoms with Gasteiger partial charge in [0, 0.05) is 3.57 Å². The summed E-state index contributed by atoms with van der Waals surface area (Å²) in [5.41, 5.74) is 1.99. The second-order valence-corrected chi connectivity index (χ2v) is 9.10. The molecule has 0 radical (unpaired) electrons. The number of hydrogen-bond donors (Lipinski definition) is 0.